The van der Waals surface area contributed by atoms with Crippen LogP contribution in [0, 0.1) is 0 Å². The smallest absolute Gasteiger partial charge is 0.310 e. The van der Waals surface area contributed by atoms with Gasteiger partial charge in [-0.1, -0.05) is 0 Å². The summed E-state index contributed by atoms with van der Waals surface area (Å²) >= 11 is -2.61. The average molecular weight is 258 g/mol. The van der Waals surface area contributed by atoms with E-state index in [4.69, 9.17) is 0 Å². The van der Waals surface area contributed by atoms with Gasteiger partial charge >= 0.3 is 11.4 Å². The molecule has 2 bridgehead atoms. The van der Waals surface area contributed by atoms with Crippen LogP contribution in [0.25, 0.3) is 0 Å². The molecule has 3 fully saturated rings. The molecule has 3 rings (SSSR count). The van der Waals surface area contributed by atoms with Gasteiger partial charge in [0.25, 0.3) is 5.79 Å². The summed E-state index contributed by atoms with van der Waals surface area (Å²) in [6.45, 7) is 0. The van der Waals surface area contributed by atoms with E-state index in [0.717, 1.165) is 0 Å². The highest BCUT2D eigenvalue weighted by molar-refractivity contribution is 7.75. The summed E-state index contributed by atoms with van der Waals surface area (Å²) in [6.07, 6.45) is -9.31. The number of ether oxygens (including phenoxy) is 1. The van der Waals surface area contributed by atoms with E-state index in [-0.39, 0.29) is 0 Å². The Morgan fingerprint density at radius 2 is 1.81 bits per heavy atom. The number of rotatable bonds is 0. The normalized spacial score (nSPS) is 58.1. The van der Waals surface area contributed by atoms with Gasteiger partial charge in [-0.25, -0.2) is 8.37 Å². The molecule has 7 atom stereocenters. The van der Waals surface area contributed by atoms with Gasteiger partial charge in [-0.05, 0) is 0 Å². The predicted molar refractivity (Wildman–Crippen MR) is 44.2 cm³/mol. The predicted octanol–water partition coefficient (Wildman–Crippen LogP) is -3.94. The summed E-state index contributed by atoms with van der Waals surface area (Å²) in [4.78, 5) is 0. The van der Waals surface area contributed by atoms with Crippen LogP contribution >= 0.6 is 0 Å². The lowest BCUT2D eigenvalue weighted by Crippen LogP contribution is -2.70. The highest BCUT2D eigenvalue weighted by Crippen LogP contribution is 2.34. The Hall–Kier alpha value is -0.170. The first-order valence-corrected chi connectivity index (χ1v) is 5.24. The Balaban J connectivity index is 2.38. The van der Waals surface area contributed by atoms with Crippen LogP contribution < -0.4 is 0 Å². The molecule has 0 radical (unpaired) electrons. The minimum Gasteiger partial charge on any atom is -0.387 e. The fourth-order valence-corrected chi connectivity index (χ4v) is 2.20. The molecule has 0 aromatic heterocycles. The third kappa shape index (κ3) is 1.68. The molecule has 0 saturated carbocycles. The van der Waals surface area contributed by atoms with Crippen LogP contribution in [0.3, 0.4) is 0 Å². The van der Waals surface area contributed by atoms with Crippen molar-refractivity contribution >= 4 is 11.4 Å². The Morgan fingerprint density at radius 1 is 1.19 bits per heavy atom. The van der Waals surface area contributed by atoms with Crippen molar-refractivity contribution in [3.05, 3.63) is 0 Å². The zero-order chi connectivity index (χ0) is 12.1. The summed E-state index contributed by atoms with van der Waals surface area (Å²) in [5.41, 5.74) is 0. The van der Waals surface area contributed by atoms with Gasteiger partial charge in [0.1, 0.15) is 18.3 Å². The second-order valence-electron chi connectivity index (χ2n) is 3.41. The third-order valence-electron chi connectivity index (χ3n) is 2.38. The number of aliphatic hydroxyl groups is 5. The van der Waals surface area contributed by atoms with E-state index in [0.29, 0.717) is 0 Å². The van der Waals surface area contributed by atoms with E-state index in [2.05, 4.69) is 13.1 Å². The van der Waals surface area contributed by atoms with Gasteiger partial charge in [-0.2, -0.15) is 4.21 Å². The van der Waals surface area contributed by atoms with Crippen LogP contribution in [0.5, 0.6) is 0 Å². The zero-order valence-electron chi connectivity index (χ0n) is 7.66. The van der Waals surface area contributed by atoms with Crippen LogP contribution in [0.1, 0.15) is 0 Å². The lowest BCUT2D eigenvalue weighted by molar-refractivity contribution is -0.406. The molecule has 0 spiro atoms. The molecule has 0 amide bonds. The van der Waals surface area contributed by atoms with Crippen molar-refractivity contribution in [2.75, 3.05) is 0 Å². The number of hydrogen-bond acceptors (Lipinski definition) is 9. The molecule has 3 aliphatic heterocycles. The SMILES string of the molecule is O=S1OC(O)[C@H]2O[C@H](O)[C@](O)(O1)[C@@H](O)[C@H]2O. The van der Waals surface area contributed by atoms with Gasteiger partial charge in [0.2, 0.25) is 12.6 Å². The molecule has 3 saturated heterocycles. The molecule has 9 nitrogen and oxygen atoms in total. The van der Waals surface area contributed by atoms with E-state index in [1.165, 1.54) is 0 Å². The maximum atomic E-state index is 11.0. The second kappa shape index (κ2) is 3.94. The summed E-state index contributed by atoms with van der Waals surface area (Å²) in [7, 11) is 0. The zero-order valence-corrected chi connectivity index (χ0v) is 8.48. The quantitative estimate of drug-likeness (QED) is 0.294. The minimum atomic E-state index is -2.79. The molecular weight excluding hydrogens is 248 g/mol. The largest absolute Gasteiger partial charge is 0.387 e. The first-order valence-electron chi connectivity index (χ1n) is 4.24. The van der Waals surface area contributed by atoms with Crippen molar-refractivity contribution in [3.63, 3.8) is 0 Å². The Labute approximate surface area is 91.7 Å². The van der Waals surface area contributed by atoms with Crippen LogP contribution in [-0.2, 0) is 24.5 Å². The third-order valence-corrected chi connectivity index (χ3v) is 3.14. The fraction of sp³-hybridized carbons (Fsp3) is 1.00. The Morgan fingerprint density at radius 3 is 2.44 bits per heavy atom. The van der Waals surface area contributed by atoms with Crippen LogP contribution in [0.4, 0.5) is 0 Å². The fourth-order valence-electron chi connectivity index (χ4n) is 1.49. The highest BCUT2D eigenvalue weighted by atomic mass is 32.2. The molecule has 2 unspecified atom stereocenters. The Kier molecular flexibility index (Phi) is 3.03. The highest BCUT2D eigenvalue weighted by Gasteiger charge is 2.60. The molecule has 16 heavy (non-hydrogen) atoms. The van der Waals surface area contributed by atoms with E-state index in [1.807, 2.05) is 0 Å². The second-order valence-corrected chi connectivity index (χ2v) is 4.18. The molecule has 3 heterocycles. The van der Waals surface area contributed by atoms with Gasteiger partial charge in [0, 0.05) is 0 Å². The summed E-state index contributed by atoms with van der Waals surface area (Å²) in [5.74, 6) is -2.79. The first-order chi connectivity index (χ1) is 7.36. The first kappa shape index (κ1) is 12.3. The molecule has 10 heteroatoms. The molecular formula is C6H10O9S. The van der Waals surface area contributed by atoms with Gasteiger partial charge in [0.15, 0.2) is 0 Å². The van der Waals surface area contributed by atoms with Crippen molar-refractivity contribution in [1.29, 1.82) is 0 Å². The maximum absolute atomic E-state index is 11.0. The van der Waals surface area contributed by atoms with Crippen molar-refractivity contribution < 1.29 is 42.8 Å². The molecule has 5 N–H and O–H groups in total. The van der Waals surface area contributed by atoms with Crippen molar-refractivity contribution in [1.82, 2.24) is 0 Å². The maximum Gasteiger partial charge on any atom is 0.310 e. The van der Waals surface area contributed by atoms with Crippen LogP contribution in [0.2, 0.25) is 0 Å². The minimum absolute atomic E-state index is 1.56. The summed E-state index contributed by atoms with van der Waals surface area (Å²) in [5, 5.41) is 47.1. The van der Waals surface area contributed by atoms with E-state index >= 15 is 0 Å². The lowest BCUT2D eigenvalue weighted by Gasteiger charge is -2.47. The van der Waals surface area contributed by atoms with Gasteiger partial charge in [-0.3, -0.25) is 0 Å². The van der Waals surface area contributed by atoms with Crippen molar-refractivity contribution in [3.8, 4) is 0 Å². The summed E-state index contributed by atoms with van der Waals surface area (Å²) in [6, 6.07) is 0. The van der Waals surface area contributed by atoms with Crippen molar-refractivity contribution in [2.24, 2.45) is 0 Å². The molecule has 0 aromatic rings. The summed E-state index contributed by atoms with van der Waals surface area (Å²) < 4.78 is 24.2. The molecule has 0 aliphatic carbocycles. The molecule has 94 valence electrons. The monoisotopic (exact) mass is 258 g/mol. The standard InChI is InChI=1S/C6H10O9S/c7-1-2-4(9)14-16(12)15-6(11,3(1)8)5(10)13-2/h1-5,7-11H/t1-,2-,3-,4?,5-,6+,16?/m0/s1. The molecule has 3 aliphatic rings. The van der Waals surface area contributed by atoms with Gasteiger partial charge in [0.05, 0.1) is 0 Å². The van der Waals surface area contributed by atoms with Gasteiger partial charge in [-0.15, -0.1) is 0 Å². The Bertz CT molecular complexity index is 308. The average Bonchev–Trinajstić information content (AvgIpc) is 2.19. The number of fused-ring (bicyclic) bond motifs is 5. The van der Waals surface area contributed by atoms with Crippen LogP contribution in [0.15, 0.2) is 0 Å². The van der Waals surface area contributed by atoms with E-state index in [9.17, 15) is 29.7 Å². The molecule has 0 aromatic carbocycles. The lowest BCUT2D eigenvalue weighted by atomic mass is 9.95. The van der Waals surface area contributed by atoms with E-state index < -0.39 is 48.0 Å². The van der Waals surface area contributed by atoms with Crippen LogP contribution in [-0.4, -0.2) is 66.4 Å². The number of hydrogen-bond donors (Lipinski definition) is 5. The van der Waals surface area contributed by atoms with E-state index in [1.54, 1.807) is 0 Å². The van der Waals surface area contributed by atoms with Crippen molar-refractivity contribution in [2.45, 2.75) is 36.7 Å². The number of aliphatic hydroxyl groups excluding tert-OH is 4. The topological polar surface area (TPSA) is 146 Å². The van der Waals surface area contributed by atoms with Gasteiger partial charge < -0.3 is 30.3 Å².